The summed E-state index contributed by atoms with van der Waals surface area (Å²) in [5, 5.41) is 5.15. The molecule has 0 saturated carbocycles. The Hall–Kier alpha value is -1.61. The van der Waals surface area contributed by atoms with Crippen molar-refractivity contribution in [2.45, 2.75) is 39.2 Å². The van der Waals surface area contributed by atoms with Gasteiger partial charge in [-0.05, 0) is 28.5 Å². The maximum absolute atomic E-state index is 11.8. The van der Waals surface area contributed by atoms with Gasteiger partial charge in [-0.2, -0.15) is 0 Å². The van der Waals surface area contributed by atoms with E-state index in [4.69, 9.17) is 0 Å². The summed E-state index contributed by atoms with van der Waals surface area (Å²) in [6.45, 7) is 6.25. The standard InChI is InChI=1S/C17H21NOS/c1-4-16(19)18-17(15-6-5-11-20-15)14-9-7-13(8-10-14)12(2)3/h5-12,17H,4H2,1-3H3,(H,18,19). The van der Waals surface area contributed by atoms with Crippen LogP contribution in [0.15, 0.2) is 41.8 Å². The van der Waals surface area contributed by atoms with Crippen LogP contribution in [-0.4, -0.2) is 5.91 Å². The fraction of sp³-hybridized carbons (Fsp3) is 0.353. The van der Waals surface area contributed by atoms with E-state index in [1.54, 1.807) is 11.3 Å². The molecule has 2 rings (SSSR count). The fourth-order valence-electron chi connectivity index (χ4n) is 2.11. The molecule has 0 aliphatic carbocycles. The lowest BCUT2D eigenvalue weighted by atomic mass is 9.98. The van der Waals surface area contributed by atoms with Crippen LogP contribution in [0, 0.1) is 0 Å². The molecule has 3 heteroatoms. The average molecular weight is 287 g/mol. The molecule has 1 atom stereocenters. The van der Waals surface area contributed by atoms with Crippen molar-refractivity contribution in [1.82, 2.24) is 5.32 Å². The van der Waals surface area contributed by atoms with Crippen molar-refractivity contribution in [3.8, 4) is 0 Å². The number of hydrogen-bond donors (Lipinski definition) is 1. The first kappa shape index (κ1) is 14.8. The second-order valence-corrected chi connectivity index (χ2v) is 6.17. The van der Waals surface area contributed by atoms with Crippen LogP contribution < -0.4 is 5.32 Å². The highest BCUT2D eigenvalue weighted by Crippen LogP contribution is 2.27. The van der Waals surface area contributed by atoms with Crippen molar-refractivity contribution >= 4 is 17.2 Å². The fourth-order valence-corrected chi connectivity index (χ4v) is 2.91. The lowest BCUT2D eigenvalue weighted by molar-refractivity contribution is -0.121. The highest BCUT2D eigenvalue weighted by molar-refractivity contribution is 7.10. The molecule has 0 radical (unpaired) electrons. The minimum absolute atomic E-state index is 0.0383. The van der Waals surface area contributed by atoms with Crippen LogP contribution in [0.4, 0.5) is 0 Å². The zero-order valence-electron chi connectivity index (χ0n) is 12.2. The van der Waals surface area contributed by atoms with Gasteiger partial charge in [-0.3, -0.25) is 4.79 Å². The van der Waals surface area contributed by atoms with Gasteiger partial charge in [-0.25, -0.2) is 0 Å². The number of carbonyl (C=O) groups excluding carboxylic acids is 1. The molecule has 20 heavy (non-hydrogen) atoms. The summed E-state index contributed by atoms with van der Waals surface area (Å²) in [5.74, 6) is 0.603. The number of carbonyl (C=O) groups is 1. The van der Waals surface area contributed by atoms with Gasteiger partial charge in [-0.1, -0.05) is 51.1 Å². The Balaban J connectivity index is 2.28. The van der Waals surface area contributed by atoms with E-state index in [0.717, 1.165) is 5.56 Å². The Kier molecular flexibility index (Phi) is 4.96. The van der Waals surface area contributed by atoms with Crippen molar-refractivity contribution in [3.05, 3.63) is 57.8 Å². The smallest absolute Gasteiger partial charge is 0.220 e. The third-order valence-corrected chi connectivity index (χ3v) is 4.33. The summed E-state index contributed by atoms with van der Waals surface area (Å²) in [4.78, 5) is 12.9. The molecule has 1 N–H and O–H groups in total. The van der Waals surface area contributed by atoms with Crippen LogP contribution >= 0.6 is 11.3 Å². The molecule has 2 aromatic rings. The molecule has 0 aliphatic rings. The van der Waals surface area contributed by atoms with E-state index in [1.165, 1.54) is 10.4 Å². The van der Waals surface area contributed by atoms with E-state index in [-0.39, 0.29) is 11.9 Å². The largest absolute Gasteiger partial charge is 0.344 e. The number of rotatable bonds is 5. The van der Waals surface area contributed by atoms with Crippen molar-refractivity contribution in [2.75, 3.05) is 0 Å². The van der Waals surface area contributed by atoms with E-state index >= 15 is 0 Å². The molecule has 0 aliphatic heterocycles. The number of amides is 1. The Labute approximate surface area is 124 Å². The Morgan fingerprint density at radius 2 is 1.80 bits per heavy atom. The van der Waals surface area contributed by atoms with E-state index < -0.39 is 0 Å². The van der Waals surface area contributed by atoms with Gasteiger partial charge in [0, 0.05) is 11.3 Å². The van der Waals surface area contributed by atoms with Gasteiger partial charge < -0.3 is 5.32 Å². The first-order chi connectivity index (χ1) is 9.61. The van der Waals surface area contributed by atoms with Gasteiger partial charge >= 0.3 is 0 Å². The minimum atomic E-state index is -0.0383. The van der Waals surface area contributed by atoms with Gasteiger partial charge in [0.1, 0.15) is 0 Å². The molecule has 1 aromatic carbocycles. The first-order valence-electron chi connectivity index (χ1n) is 7.04. The second-order valence-electron chi connectivity index (χ2n) is 5.19. The second kappa shape index (κ2) is 6.71. The molecule has 0 spiro atoms. The lowest BCUT2D eigenvalue weighted by Gasteiger charge is -2.18. The molecule has 2 nitrogen and oxygen atoms in total. The van der Waals surface area contributed by atoms with Crippen LogP contribution in [0.5, 0.6) is 0 Å². The predicted molar refractivity (Wildman–Crippen MR) is 85.1 cm³/mol. The summed E-state index contributed by atoms with van der Waals surface area (Å²) < 4.78 is 0. The summed E-state index contributed by atoms with van der Waals surface area (Å²) >= 11 is 1.67. The van der Waals surface area contributed by atoms with Gasteiger partial charge in [-0.15, -0.1) is 11.3 Å². The number of hydrogen-bond acceptors (Lipinski definition) is 2. The summed E-state index contributed by atoms with van der Waals surface area (Å²) in [6.07, 6.45) is 0.506. The number of nitrogens with one attached hydrogen (secondary N) is 1. The molecule has 0 fully saturated rings. The predicted octanol–water partition coefficient (Wildman–Crippen LogP) is 4.49. The lowest BCUT2D eigenvalue weighted by Crippen LogP contribution is -2.27. The molecule has 1 heterocycles. The Morgan fingerprint density at radius 1 is 1.15 bits per heavy atom. The molecule has 1 unspecified atom stereocenters. The third-order valence-electron chi connectivity index (χ3n) is 3.39. The topological polar surface area (TPSA) is 29.1 Å². The van der Waals surface area contributed by atoms with Gasteiger partial charge in [0.2, 0.25) is 5.91 Å². The monoisotopic (exact) mass is 287 g/mol. The Morgan fingerprint density at radius 3 is 2.30 bits per heavy atom. The maximum atomic E-state index is 11.8. The van der Waals surface area contributed by atoms with E-state index in [2.05, 4.69) is 49.5 Å². The van der Waals surface area contributed by atoms with Gasteiger partial charge in [0.05, 0.1) is 6.04 Å². The molecular formula is C17H21NOS. The molecule has 0 saturated heterocycles. The number of thiophene rings is 1. The summed E-state index contributed by atoms with van der Waals surface area (Å²) in [6, 6.07) is 12.6. The van der Waals surface area contributed by atoms with Crippen molar-refractivity contribution in [2.24, 2.45) is 0 Å². The first-order valence-corrected chi connectivity index (χ1v) is 7.92. The van der Waals surface area contributed by atoms with Crippen molar-refractivity contribution in [1.29, 1.82) is 0 Å². The van der Waals surface area contributed by atoms with E-state index in [1.807, 2.05) is 18.4 Å². The van der Waals surface area contributed by atoms with E-state index in [9.17, 15) is 4.79 Å². The quantitative estimate of drug-likeness (QED) is 0.862. The maximum Gasteiger partial charge on any atom is 0.220 e. The van der Waals surface area contributed by atoms with Crippen LogP contribution in [0.2, 0.25) is 0 Å². The zero-order chi connectivity index (χ0) is 14.5. The van der Waals surface area contributed by atoms with Crippen molar-refractivity contribution < 1.29 is 4.79 Å². The molecular weight excluding hydrogens is 266 g/mol. The normalized spacial score (nSPS) is 12.4. The summed E-state index contributed by atoms with van der Waals surface area (Å²) in [5.41, 5.74) is 2.46. The SMILES string of the molecule is CCC(=O)NC(c1ccc(C(C)C)cc1)c1cccs1. The highest BCUT2D eigenvalue weighted by atomic mass is 32.1. The third kappa shape index (κ3) is 3.48. The molecule has 0 bridgehead atoms. The van der Waals surface area contributed by atoms with Crippen LogP contribution in [0.3, 0.4) is 0 Å². The van der Waals surface area contributed by atoms with Gasteiger partial charge in [0.15, 0.2) is 0 Å². The van der Waals surface area contributed by atoms with Crippen LogP contribution in [0.25, 0.3) is 0 Å². The molecule has 106 valence electrons. The Bertz CT molecular complexity index is 543. The summed E-state index contributed by atoms with van der Waals surface area (Å²) in [7, 11) is 0. The van der Waals surface area contributed by atoms with E-state index in [0.29, 0.717) is 12.3 Å². The van der Waals surface area contributed by atoms with Crippen LogP contribution in [-0.2, 0) is 4.79 Å². The van der Waals surface area contributed by atoms with Gasteiger partial charge in [0.25, 0.3) is 0 Å². The minimum Gasteiger partial charge on any atom is -0.344 e. The zero-order valence-corrected chi connectivity index (χ0v) is 13.0. The number of benzene rings is 1. The average Bonchev–Trinajstić information content (AvgIpc) is 2.98. The highest BCUT2D eigenvalue weighted by Gasteiger charge is 2.17. The van der Waals surface area contributed by atoms with Crippen LogP contribution in [0.1, 0.15) is 55.2 Å². The molecule has 1 amide bonds. The molecule has 1 aromatic heterocycles. The van der Waals surface area contributed by atoms with Crippen molar-refractivity contribution in [3.63, 3.8) is 0 Å².